The summed E-state index contributed by atoms with van der Waals surface area (Å²) in [5.74, 6) is 0.990. The first-order valence-electron chi connectivity index (χ1n) is 10.1. The van der Waals surface area contributed by atoms with Gasteiger partial charge in [0.15, 0.2) is 0 Å². The van der Waals surface area contributed by atoms with E-state index >= 15 is 0 Å². The maximum atomic E-state index is 12.8. The quantitative estimate of drug-likeness (QED) is 0.528. The highest BCUT2D eigenvalue weighted by Gasteiger charge is 2.12. The third-order valence-corrected chi connectivity index (χ3v) is 4.48. The van der Waals surface area contributed by atoms with Crippen molar-refractivity contribution in [1.82, 2.24) is 0 Å². The van der Waals surface area contributed by atoms with E-state index < -0.39 is 0 Å². The molecule has 0 aliphatic rings. The Bertz CT molecular complexity index is 1060. The number of amides is 2. The van der Waals surface area contributed by atoms with Gasteiger partial charge in [-0.3, -0.25) is 9.59 Å². The van der Waals surface area contributed by atoms with E-state index in [1.54, 1.807) is 42.5 Å². The lowest BCUT2D eigenvalue weighted by Crippen LogP contribution is -2.13. The summed E-state index contributed by atoms with van der Waals surface area (Å²) in [6.45, 7) is 6.15. The zero-order chi connectivity index (χ0) is 22.2. The Labute approximate surface area is 182 Å². The highest BCUT2D eigenvalue weighted by Crippen LogP contribution is 2.24. The first-order valence-corrected chi connectivity index (χ1v) is 10.1. The van der Waals surface area contributed by atoms with Gasteiger partial charge in [0.1, 0.15) is 18.1 Å². The van der Waals surface area contributed by atoms with E-state index in [4.69, 9.17) is 9.47 Å². The molecule has 0 atom stereocenters. The zero-order valence-corrected chi connectivity index (χ0v) is 17.9. The van der Waals surface area contributed by atoms with E-state index in [0.717, 1.165) is 16.9 Å². The largest absolute Gasteiger partial charge is 0.493 e. The Balaban J connectivity index is 1.76. The Morgan fingerprint density at radius 2 is 1.58 bits per heavy atom. The third kappa shape index (κ3) is 6.34. The fourth-order valence-corrected chi connectivity index (χ4v) is 3.01. The van der Waals surface area contributed by atoms with E-state index in [0.29, 0.717) is 29.3 Å². The van der Waals surface area contributed by atoms with E-state index in [1.165, 1.54) is 6.92 Å². The van der Waals surface area contributed by atoms with Crippen molar-refractivity contribution in [2.24, 2.45) is 0 Å². The lowest BCUT2D eigenvalue weighted by atomic mass is 10.1. The maximum Gasteiger partial charge on any atom is 0.255 e. The fourth-order valence-electron chi connectivity index (χ4n) is 3.01. The first kappa shape index (κ1) is 21.9. The maximum absolute atomic E-state index is 12.8. The SMILES string of the molecule is CCOc1ccc(C(=O)Nc2cccc(NC(C)=O)c2)cc1COc1ccc(C)cc1. The van der Waals surface area contributed by atoms with Crippen LogP contribution in [0.15, 0.2) is 66.7 Å². The minimum absolute atomic E-state index is 0.173. The molecule has 31 heavy (non-hydrogen) atoms. The van der Waals surface area contributed by atoms with Gasteiger partial charge in [-0.05, 0) is 62.4 Å². The Hall–Kier alpha value is -3.80. The van der Waals surface area contributed by atoms with Crippen LogP contribution in [0.3, 0.4) is 0 Å². The van der Waals surface area contributed by atoms with Crippen LogP contribution in [0.2, 0.25) is 0 Å². The Morgan fingerprint density at radius 1 is 0.871 bits per heavy atom. The Kier molecular flexibility index (Phi) is 7.27. The molecule has 0 fully saturated rings. The van der Waals surface area contributed by atoms with Crippen LogP contribution >= 0.6 is 0 Å². The molecule has 6 nitrogen and oxygen atoms in total. The van der Waals surface area contributed by atoms with Gasteiger partial charge in [0, 0.05) is 29.4 Å². The molecule has 160 valence electrons. The second-order valence-electron chi connectivity index (χ2n) is 7.07. The van der Waals surface area contributed by atoms with Gasteiger partial charge in [0.2, 0.25) is 5.91 Å². The molecule has 2 N–H and O–H groups in total. The van der Waals surface area contributed by atoms with Crippen LogP contribution < -0.4 is 20.1 Å². The minimum atomic E-state index is -0.264. The zero-order valence-electron chi connectivity index (χ0n) is 17.9. The summed E-state index contributed by atoms with van der Waals surface area (Å²) >= 11 is 0. The molecule has 0 aromatic heterocycles. The third-order valence-electron chi connectivity index (χ3n) is 4.48. The van der Waals surface area contributed by atoms with Crippen molar-refractivity contribution < 1.29 is 19.1 Å². The molecular formula is C25H26N2O4. The molecule has 0 saturated carbocycles. The minimum Gasteiger partial charge on any atom is -0.493 e. The number of carbonyl (C=O) groups is 2. The van der Waals surface area contributed by atoms with Crippen molar-refractivity contribution in [3.05, 3.63) is 83.4 Å². The molecule has 0 spiro atoms. The average Bonchev–Trinajstić information content (AvgIpc) is 2.74. The van der Waals surface area contributed by atoms with Crippen LogP contribution in [-0.2, 0) is 11.4 Å². The molecule has 2 amide bonds. The summed E-state index contributed by atoms with van der Waals surface area (Å²) in [7, 11) is 0. The molecule has 0 aliphatic carbocycles. The van der Waals surface area contributed by atoms with Gasteiger partial charge in [-0.2, -0.15) is 0 Å². The van der Waals surface area contributed by atoms with Gasteiger partial charge < -0.3 is 20.1 Å². The van der Waals surface area contributed by atoms with Gasteiger partial charge in [0.25, 0.3) is 5.91 Å². The highest BCUT2D eigenvalue weighted by molar-refractivity contribution is 6.05. The molecule has 3 rings (SSSR count). The van der Waals surface area contributed by atoms with E-state index in [1.807, 2.05) is 38.1 Å². The monoisotopic (exact) mass is 418 g/mol. The molecule has 3 aromatic carbocycles. The number of carbonyl (C=O) groups excluding carboxylic acids is 2. The number of benzene rings is 3. The van der Waals surface area contributed by atoms with Crippen LogP contribution in [0.1, 0.15) is 35.3 Å². The van der Waals surface area contributed by atoms with Crippen molar-refractivity contribution in [3.8, 4) is 11.5 Å². The molecule has 0 bridgehead atoms. The number of nitrogens with one attached hydrogen (secondary N) is 2. The number of ether oxygens (including phenoxy) is 2. The standard InChI is InChI=1S/C25H26N2O4/c1-4-30-24-13-10-19(14-20(24)16-31-23-11-8-17(2)9-12-23)25(29)27-22-7-5-6-21(15-22)26-18(3)28/h5-15H,4,16H2,1-3H3,(H,26,28)(H,27,29). The first-order chi connectivity index (χ1) is 14.9. The summed E-state index contributed by atoms with van der Waals surface area (Å²) in [6.07, 6.45) is 0. The van der Waals surface area contributed by atoms with Crippen LogP contribution in [0.4, 0.5) is 11.4 Å². The number of aryl methyl sites for hydroxylation is 1. The summed E-state index contributed by atoms with van der Waals surface area (Å²) in [5.41, 5.74) is 3.62. The average molecular weight is 418 g/mol. The van der Waals surface area contributed by atoms with Crippen LogP contribution in [0, 0.1) is 6.92 Å². The van der Waals surface area contributed by atoms with E-state index in [9.17, 15) is 9.59 Å². The topological polar surface area (TPSA) is 76.7 Å². The molecule has 0 heterocycles. The van der Waals surface area contributed by atoms with Gasteiger partial charge in [-0.1, -0.05) is 23.8 Å². The number of hydrogen-bond donors (Lipinski definition) is 2. The second kappa shape index (κ2) is 10.3. The molecular weight excluding hydrogens is 392 g/mol. The lowest BCUT2D eigenvalue weighted by molar-refractivity contribution is -0.114. The molecule has 6 heteroatoms. The molecule has 0 radical (unpaired) electrons. The van der Waals surface area contributed by atoms with Crippen molar-refractivity contribution in [2.75, 3.05) is 17.2 Å². The molecule has 0 aliphatic heterocycles. The summed E-state index contributed by atoms with van der Waals surface area (Å²) in [5, 5.41) is 5.56. The number of anilines is 2. The fraction of sp³-hybridized carbons (Fsp3) is 0.200. The molecule has 0 unspecified atom stereocenters. The van der Waals surface area contributed by atoms with Gasteiger partial charge in [-0.25, -0.2) is 0 Å². The van der Waals surface area contributed by atoms with Gasteiger partial charge in [0.05, 0.1) is 6.61 Å². The summed E-state index contributed by atoms with van der Waals surface area (Å²) in [4.78, 5) is 24.0. The van der Waals surface area contributed by atoms with Crippen molar-refractivity contribution >= 4 is 23.2 Å². The highest BCUT2D eigenvalue weighted by atomic mass is 16.5. The van der Waals surface area contributed by atoms with Gasteiger partial charge >= 0.3 is 0 Å². The van der Waals surface area contributed by atoms with Crippen molar-refractivity contribution in [1.29, 1.82) is 0 Å². The lowest BCUT2D eigenvalue weighted by Gasteiger charge is -2.14. The van der Waals surface area contributed by atoms with Crippen molar-refractivity contribution in [2.45, 2.75) is 27.4 Å². The van der Waals surface area contributed by atoms with E-state index in [2.05, 4.69) is 10.6 Å². The summed E-state index contributed by atoms with van der Waals surface area (Å²) in [6, 6.07) is 20.0. The van der Waals surface area contributed by atoms with Crippen molar-refractivity contribution in [3.63, 3.8) is 0 Å². The second-order valence-corrected chi connectivity index (χ2v) is 7.07. The Morgan fingerprint density at radius 3 is 2.26 bits per heavy atom. The smallest absolute Gasteiger partial charge is 0.255 e. The normalized spacial score (nSPS) is 10.3. The summed E-state index contributed by atoms with van der Waals surface area (Å²) < 4.78 is 11.6. The van der Waals surface area contributed by atoms with Gasteiger partial charge in [-0.15, -0.1) is 0 Å². The number of rotatable bonds is 8. The van der Waals surface area contributed by atoms with Crippen LogP contribution in [0.25, 0.3) is 0 Å². The van der Waals surface area contributed by atoms with Crippen LogP contribution in [0.5, 0.6) is 11.5 Å². The van der Waals surface area contributed by atoms with Crippen LogP contribution in [-0.4, -0.2) is 18.4 Å². The molecule has 3 aromatic rings. The predicted octanol–water partition coefficient (Wildman–Crippen LogP) is 5.18. The molecule has 0 saturated heterocycles. The predicted molar refractivity (Wildman–Crippen MR) is 122 cm³/mol. The van der Waals surface area contributed by atoms with E-state index in [-0.39, 0.29) is 18.4 Å². The number of hydrogen-bond acceptors (Lipinski definition) is 4.